The number of aliphatic hydroxyl groups excluding tert-OH is 1. The summed E-state index contributed by atoms with van der Waals surface area (Å²) in [5.41, 5.74) is 6.84. The fourth-order valence-corrected chi connectivity index (χ4v) is 3.43. The third kappa shape index (κ3) is 3.73. The molecule has 2 N–H and O–H groups in total. The lowest BCUT2D eigenvalue weighted by Crippen LogP contribution is -2.13. The molecular weight excluding hydrogens is 352 g/mol. The van der Waals surface area contributed by atoms with Gasteiger partial charge in [0.15, 0.2) is 0 Å². The highest BCUT2D eigenvalue weighted by molar-refractivity contribution is 6.28. The topological polar surface area (TPSA) is 79.5 Å². The predicted octanol–water partition coefficient (Wildman–Crippen LogP) is 2.92. The fourth-order valence-electron chi connectivity index (χ4n) is 3.43. The fraction of sp³-hybridized carbons (Fsp3) is 0.227. The number of aryl methyl sites for hydroxylation is 1. The molecule has 28 heavy (non-hydrogen) atoms. The Morgan fingerprint density at radius 1 is 1.11 bits per heavy atom. The summed E-state index contributed by atoms with van der Waals surface area (Å²) in [6, 6.07) is 13.9. The lowest BCUT2D eigenvalue weighted by atomic mass is 10.0. The van der Waals surface area contributed by atoms with Gasteiger partial charge in [-0.05, 0) is 36.6 Å². The summed E-state index contributed by atoms with van der Waals surface area (Å²) >= 11 is 0. The average molecular weight is 374 g/mol. The van der Waals surface area contributed by atoms with E-state index in [1.165, 1.54) is 0 Å². The summed E-state index contributed by atoms with van der Waals surface area (Å²) in [5.74, 6) is -0.184. The number of carbonyl (C=O) groups is 1. The molecule has 0 unspecified atom stereocenters. The van der Waals surface area contributed by atoms with Crippen LogP contribution in [0.1, 0.15) is 24.0 Å². The molecule has 0 fully saturated rings. The number of aliphatic hydroxyl groups is 1. The highest BCUT2D eigenvalue weighted by atomic mass is 16.2. The van der Waals surface area contributed by atoms with E-state index in [1.54, 1.807) is 6.20 Å². The van der Waals surface area contributed by atoms with E-state index in [-0.39, 0.29) is 12.5 Å². The van der Waals surface area contributed by atoms with E-state index in [0.717, 1.165) is 47.3 Å². The number of fused-ring (bicyclic) bond motifs is 1. The summed E-state index contributed by atoms with van der Waals surface area (Å²) in [6.45, 7) is 0.956. The Morgan fingerprint density at radius 2 is 1.96 bits per heavy atom. The Kier molecular flexibility index (Phi) is 5.30. The van der Waals surface area contributed by atoms with Gasteiger partial charge in [-0.3, -0.25) is 4.79 Å². The van der Waals surface area contributed by atoms with Gasteiger partial charge in [0.25, 0.3) is 5.91 Å². The molecule has 0 aliphatic carbocycles. The minimum atomic E-state index is -0.184. The van der Waals surface area contributed by atoms with Gasteiger partial charge >= 0.3 is 0 Å². The van der Waals surface area contributed by atoms with Crippen molar-refractivity contribution in [2.75, 3.05) is 6.61 Å². The number of nitrogens with one attached hydrogen (secondary N) is 1. The third-order valence-corrected chi connectivity index (χ3v) is 4.83. The van der Waals surface area contributed by atoms with Gasteiger partial charge in [0, 0.05) is 42.9 Å². The monoisotopic (exact) mass is 374 g/mol. The molecule has 3 aromatic rings. The Labute approximate surface area is 163 Å². The van der Waals surface area contributed by atoms with Crippen molar-refractivity contribution in [3.05, 3.63) is 71.6 Å². The first-order valence-corrected chi connectivity index (χ1v) is 9.44. The van der Waals surface area contributed by atoms with Crippen molar-refractivity contribution in [1.82, 2.24) is 15.0 Å². The van der Waals surface area contributed by atoms with Crippen LogP contribution in [0.3, 0.4) is 0 Å². The van der Waals surface area contributed by atoms with Crippen molar-refractivity contribution in [3.63, 3.8) is 0 Å². The highest BCUT2D eigenvalue weighted by Crippen LogP contribution is 2.24. The molecule has 1 aromatic carbocycles. The number of amides is 1. The number of aromatic nitrogens is 2. The van der Waals surface area contributed by atoms with Crippen LogP contribution in [0.25, 0.3) is 17.1 Å². The van der Waals surface area contributed by atoms with Crippen LogP contribution >= 0.6 is 0 Å². The van der Waals surface area contributed by atoms with Crippen molar-refractivity contribution in [1.29, 1.82) is 0 Å². The molecular formula is C22H22N4O2. The zero-order valence-corrected chi connectivity index (χ0v) is 15.5. The SMILES string of the molecule is O=C1NN=C(Cc2ccccc2)/C1=C\c1cn(CCCCO)c2ncccc12. The second kappa shape index (κ2) is 8.19. The molecule has 0 saturated heterocycles. The summed E-state index contributed by atoms with van der Waals surface area (Å²) in [5, 5.41) is 14.3. The van der Waals surface area contributed by atoms with E-state index >= 15 is 0 Å². The predicted molar refractivity (Wildman–Crippen MR) is 110 cm³/mol. The number of carbonyl (C=O) groups excluding carboxylic acids is 1. The van der Waals surface area contributed by atoms with Gasteiger partial charge in [0.05, 0.1) is 11.3 Å². The molecule has 1 amide bonds. The van der Waals surface area contributed by atoms with Crippen LogP contribution in [0.4, 0.5) is 0 Å². The number of hydrogen-bond acceptors (Lipinski definition) is 4. The molecule has 0 spiro atoms. The number of nitrogens with zero attached hydrogens (tertiary/aromatic N) is 3. The lowest BCUT2D eigenvalue weighted by molar-refractivity contribution is -0.116. The van der Waals surface area contributed by atoms with Crippen LogP contribution in [0.2, 0.25) is 0 Å². The van der Waals surface area contributed by atoms with Gasteiger partial charge < -0.3 is 9.67 Å². The number of hydrazone groups is 1. The van der Waals surface area contributed by atoms with Crippen LogP contribution < -0.4 is 5.43 Å². The van der Waals surface area contributed by atoms with E-state index in [9.17, 15) is 4.79 Å². The van der Waals surface area contributed by atoms with Crippen LogP contribution in [-0.4, -0.2) is 32.9 Å². The molecule has 0 atom stereocenters. The Hall–Kier alpha value is -3.25. The second-order valence-corrected chi connectivity index (χ2v) is 6.80. The van der Waals surface area contributed by atoms with E-state index in [0.29, 0.717) is 12.0 Å². The zero-order chi connectivity index (χ0) is 19.3. The number of pyridine rings is 1. The molecule has 6 nitrogen and oxygen atoms in total. The summed E-state index contributed by atoms with van der Waals surface area (Å²) < 4.78 is 2.08. The number of rotatable bonds is 7. The Balaban J connectivity index is 1.68. The average Bonchev–Trinajstić information content (AvgIpc) is 3.25. The summed E-state index contributed by atoms with van der Waals surface area (Å²) in [7, 11) is 0. The highest BCUT2D eigenvalue weighted by Gasteiger charge is 2.23. The minimum Gasteiger partial charge on any atom is -0.396 e. The number of benzene rings is 1. The van der Waals surface area contributed by atoms with Crippen molar-refractivity contribution >= 4 is 28.7 Å². The molecule has 3 heterocycles. The summed E-state index contributed by atoms with van der Waals surface area (Å²) in [4.78, 5) is 16.9. The first-order chi connectivity index (χ1) is 13.8. The molecule has 0 bridgehead atoms. The van der Waals surface area contributed by atoms with Crippen LogP contribution in [0, 0.1) is 0 Å². The Morgan fingerprint density at radius 3 is 2.79 bits per heavy atom. The maximum Gasteiger partial charge on any atom is 0.273 e. The van der Waals surface area contributed by atoms with Gasteiger partial charge in [-0.1, -0.05) is 30.3 Å². The van der Waals surface area contributed by atoms with Crippen LogP contribution in [0.5, 0.6) is 0 Å². The Bertz CT molecular complexity index is 1050. The van der Waals surface area contributed by atoms with Gasteiger partial charge in [-0.2, -0.15) is 5.10 Å². The maximum absolute atomic E-state index is 12.4. The molecule has 142 valence electrons. The van der Waals surface area contributed by atoms with Gasteiger partial charge in [0.2, 0.25) is 0 Å². The molecule has 0 radical (unpaired) electrons. The van der Waals surface area contributed by atoms with Gasteiger partial charge in [-0.15, -0.1) is 0 Å². The number of hydrogen-bond donors (Lipinski definition) is 2. The number of unbranched alkanes of at least 4 members (excludes halogenated alkanes) is 1. The van der Waals surface area contributed by atoms with E-state index in [2.05, 4.69) is 20.1 Å². The van der Waals surface area contributed by atoms with Crippen LogP contribution in [-0.2, 0) is 17.8 Å². The van der Waals surface area contributed by atoms with Crippen LogP contribution in [0.15, 0.2) is 65.5 Å². The molecule has 2 aromatic heterocycles. The van der Waals surface area contributed by atoms with Crippen molar-refractivity contribution in [2.45, 2.75) is 25.8 Å². The van der Waals surface area contributed by atoms with E-state index < -0.39 is 0 Å². The molecule has 6 heteroatoms. The zero-order valence-electron chi connectivity index (χ0n) is 15.5. The minimum absolute atomic E-state index is 0.184. The maximum atomic E-state index is 12.4. The molecule has 0 saturated carbocycles. The van der Waals surface area contributed by atoms with Gasteiger partial charge in [0.1, 0.15) is 5.65 Å². The van der Waals surface area contributed by atoms with Gasteiger partial charge in [-0.25, -0.2) is 10.4 Å². The summed E-state index contributed by atoms with van der Waals surface area (Å²) in [6.07, 6.45) is 7.91. The molecule has 1 aliphatic rings. The first kappa shape index (κ1) is 18.1. The second-order valence-electron chi connectivity index (χ2n) is 6.80. The van der Waals surface area contributed by atoms with Crippen molar-refractivity contribution in [3.8, 4) is 0 Å². The van der Waals surface area contributed by atoms with E-state index in [1.807, 2.05) is 54.7 Å². The normalized spacial score (nSPS) is 15.2. The van der Waals surface area contributed by atoms with E-state index in [4.69, 9.17) is 5.11 Å². The smallest absolute Gasteiger partial charge is 0.273 e. The largest absolute Gasteiger partial charge is 0.396 e. The molecule has 4 rings (SSSR count). The quantitative estimate of drug-likeness (QED) is 0.493. The lowest BCUT2D eigenvalue weighted by Gasteiger charge is -2.02. The van der Waals surface area contributed by atoms with Crippen molar-refractivity contribution in [2.24, 2.45) is 5.10 Å². The van der Waals surface area contributed by atoms with Crippen molar-refractivity contribution < 1.29 is 9.90 Å². The standard InChI is InChI=1S/C22H22N4O2/c27-12-5-4-11-26-15-17(18-9-6-10-23-21(18)26)14-19-20(24-25-22(19)28)13-16-7-2-1-3-8-16/h1-3,6-10,14-15,27H,4-5,11-13H2,(H,25,28)/b19-14+. The first-order valence-electron chi connectivity index (χ1n) is 9.44. The third-order valence-electron chi connectivity index (χ3n) is 4.83. The molecule has 1 aliphatic heterocycles.